The summed E-state index contributed by atoms with van der Waals surface area (Å²) in [6, 6.07) is 2.09. The fraction of sp³-hybridized carbons (Fsp3) is 0.400. The van der Waals surface area contributed by atoms with Crippen LogP contribution in [0.2, 0.25) is 0 Å². The number of nitrogens with two attached hydrogens (primary N) is 1. The van der Waals surface area contributed by atoms with Gasteiger partial charge in [-0.1, -0.05) is 13.0 Å². The van der Waals surface area contributed by atoms with E-state index in [1.807, 2.05) is 19.9 Å². The van der Waals surface area contributed by atoms with Gasteiger partial charge < -0.3 is 5.73 Å². The Morgan fingerprint density at radius 1 is 1.69 bits per heavy atom. The second-order valence-corrected chi connectivity index (χ2v) is 3.07. The zero-order valence-electron chi connectivity index (χ0n) is 7.91. The highest BCUT2D eigenvalue weighted by Gasteiger charge is 2.12. The van der Waals surface area contributed by atoms with E-state index in [4.69, 9.17) is 11.0 Å². The van der Waals surface area contributed by atoms with Crippen LogP contribution in [0.25, 0.3) is 0 Å². The summed E-state index contributed by atoms with van der Waals surface area (Å²) >= 11 is 0. The first kappa shape index (κ1) is 9.53. The summed E-state index contributed by atoms with van der Waals surface area (Å²) in [7, 11) is 0. The summed E-state index contributed by atoms with van der Waals surface area (Å²) in [4.78, 5) is 4.04. The Balaban J connectivity index is 3.07. The van der Waals surface area contributed by atoms with Crippen LogP contribution >= 0.6 is 0 Å². The lowest BCUT2D eigenvalue weighted by Crippen LogP contribution is -2.20. The molecule has 0 amide bonds. The van der Waals surface area contributed by atoms with Gasteiger partial charge in [-0.25, -0.2) is 4.99 Å². The fourth-order valence-electron chi connectivity index (χ4n) is 1.26. The van der Waals surface area contributed by atoms with Gasteiger partial charge in [-0.2, -0.15) is 5.26 Å². The van der Waals surface area contributed by atoms with E-state index in [1.54, 1.807) is 0 Å². The lowest BCUT2D eigenvalue weighted by atomic mass is 10.0. The maximum Gasteiger partial charge on any atom is 0.106 e. The molecular weight excluding hydrogens is 162 g/mol. The van der Waals surface area contributed by atoms with Crippen molar-refractivity contribution in [2.45, 2.75) is 20.3 Å². The van der Waals surface area contributed by atoms with Crippen LogP contribution in [0.1, 0.15) is 20.3 Å². The van der Waals surface area contributed by atoms with E-state index in [-0.39, 0.29) is 5.92 Å². The standard InChI is InChI=1S/C10H13N3/c1-3-8-4-7(2)9(5-11)6-13-10(8)12/h4,6,8H,3H2,1-2H3,(H2,12,13). The van der Waals surface area contributed by atoms with Gasteiger partial charge >= 0.3 is 0 Å². The lowest BCUT2D eigenvalue weighted by Gasteiger charge is -2.07. The molecule has 0 fully saturated rings. The molecule has 2 N–H and O–H groups in total. The van der Waals surface area contributed by atoms with Crippen molar-refractivity contribution >= 4 is 5.84 Å². The van der Waals surface area contributed by atoms with Gasteiger partial charge in [0.2, 0.25) is 0 Å². The molecule has 0 aliphatic carbocycles. The largest absolute Gasteiger partial charge is 0.387 e. The maximum atomic E-state index is 8.76. The molecule has 1 unspecified atom stereocenters. The van der Waals surface area contributed by atoms with E-state index < -0.39 is 0 Å². The minimum absolute atomic E-state index is 0.169. The van der Waals surface area contributed by atoms with Gasteiger partial charge in [0, 0.05) is 12.1 Å². The molecular formula is C10H13N3. The quantitative estimate of drug-likeness (QED) is 0.659. The summed E-state index contributed by atoms with van der Waals surface area (Å²) in [5.41, 5.74) is 7.27. The first-order chi connectivity index (χ1) is 6.19. The van der Waals surface area contributed by atoms with E-state index in [0.717, 1.165) is 12.0 Å². The highest BCUT2D eigenvalue weighted by Crippen LogP contribution is 2.17. The minimum atomic E-state index is 0.169. The molecule has 0 aromatic heterocycles. The Kier molecular flexibility index (Phi) is 2.86. The lowest BCUT2D eigenvalue weighted by molar-refractivity contribution is 0.804. The molecule has 1 aliphatic heterocycles. The van der Waals surface area contributed by atoms with Gasteiger partial charge in [0.05, 0.1) is 5.57 Å². The van der Waals surface area contributed by atoms with Crippen LogP contribution in [0, 0.1) is 17.2 Å². The highest BCUT2D eigenvalue weighted by atomic mass is 14.8. The zero-order chi connectivity index (χ0) is 9.84. The predicted molar refractivity (Wildman–Crippen MR) is 52.9 cm³/mol. The van der Waals surface area contributed by atoms with E-state index >= 15 is 0 Å². The number of allylic oxidation sites excluding steroid dienone is 2. The van der Waals surface area contributed by atoms with Crippen molar-refractivity contribution in [3.05, 3.63) is 23.4 Å². The molecule has 1 aliphatic rings. The number of nitriles is 1. The third-order valence-electron chi connectivity index (χ3n) is 2.16. The summed E-state index contributed by atoms with van der Waals surface area (Å²) in [6.07, 6.45) is 4.46. The third-order valence-corrected chi connectivity index (χ3v) is 2.16. The highest BCUT2D eigenvalue weighted by molar-refractivity contribution is 5.86. The Labute approximate surface area is 78.3 Å². The molecule has 1 heterocycles. The summed E-state index contributed by atoms with van der Waals surface area (Å²) in [6.45, 7) is 3.96. The number of nitrogens with zero attached hydrogens (tertiary/aromatic N) is 2. The number of rotatable bonds is 1. The number of hydrogen-bond acceptors (Lipinski definition) is 3. The van der Waals surface area contributed by atoms with Gasteiger partial charge in [0.15, 0.2) is 0 Å². The van der Waals surface area contributed by atoms with Crippen molar-refractivity contribution in [1.82, 2.24) is 0 Å². The van der Waals surface area contributed by atoms with E-state index in [0.29, 0.717) is 11.4 Å². The molecule has 0 radical (unpaired) electrons. The van der Waals surface area contributed by atoms with Crippen LogP contribution in [0.15, 0.2) is 28.4 Å². The molecule has 0 bridgehead atoms. The molecule has 3 heteroatoms. The Morgan fingerprint density at radius 2 is 2.38 bits per heavy atom. The molecule has 0 aromatic carbocycles. The molecule has 3 nitrogen and oxygen atoms in total. The summed E-state index contributed by atoms with van der Waals surface area (Å²) in [5, 5.41) is 8.76. The number of hydrogen-bond donors (Lipinski definition) is 1. The van der Waals surface area contributed by atoms with Gasteiger partial charge in [0.1, 0.15) is 11.9 Å². The molecule has 0 saturated carbocycles. The van der Waals surface area contributed by atoms with Crippen LogP contribution in [-0.2, 0) is 0 Å². The van der Waals surface area contributed by atoms with Gasteiger partial charge in [-0.15, -0.1) is 0 Å². The van der Waals surface area contributed by atoms with Crippen LogP contribution in [0.5, 0.6) is 0 Å². The maximum absolute atomic E-state index is 8.76. The number of aliphatic imine (C=N–C) groups is 1. The first-order valence-corrected chi connectivity index (χ1v) is 4.31. The smallest absolute Gasteiger partial charge is 0.106 e. The van der Waals surface area contributed by atoms with Crippen LogP contribution in [0.4, 0.5) is 0 Å². The van der Waals surface area contributed by atoms with E-state index in [1.165, 1.54) is 6.20 Å². The van der Waals surface area contributed by atoms with Crippen molar-refractivity contribution < 1.29 is 0 Å². The van der Waals surface area contributed by atoms with Crippen molar-refractivity contribution in [3.63, 3.8) is 0 Å². The zero-order valence-corrected chi connectivity index (χ0v) is 7.91. The van der Waals surface area contributed by atoms with E-state index in [9.17, 15) is 0 Å². The van der Waals surface area contributed by atoms with E-state index in [2.05, 4.69) is 11.1 Å². The topological polar surface area (TPSA) is 62.2 Å². The molecule has 68 valence electrons. The van der Waals surface area contributed by atoms with Crippen LogP contribution in [0.3, 0.4) is 0 Å². The Hall–Kier alpha value is -1.56. The average Bonchev–Trinajstić information content (AvgIpc) is 2.26. The average molecular weight is 175 g/mol. The first-order valence-electron chi connectivity index (χ1n) is 4.31. The fourth-order valence-corrected chi connectivity index (χ4v) is 1.26. The molecule has 0 spiro atoms. The van der Waals surface area contributed by atoms with Crippen molar-refractivity contribution in [2.75, 3.05) is 0 Å². The van der Waals surface area contributed by atoms with Crippen LogP contribution in [-0.4, -0.2) is 5.84 Å². The Bertz CT molecular complexity index is 329. The minimum Gasteiger partial charge on any atom is -0.387 e. The SMILES string of the molecule is CCC1C=C(C)C(C#N)=CN=C1N. The second kappa shape index (κ2) is 3.90. The van der Waals surface area contributed by atoms with Gasteiger partial charge in [-0.05, 0) is 18.9 Å². The molecule has 1 rings (SSSR count). The molecule has 0 aromatic rings. The molecule has 13 heavy (non-hydrogen) atoms. The molecule has 0 saturated heterocycles. The summed E-state index contributed by atoms with van der Waals surface area (Å²) in [5.74, 6) is 0.759. The number of amidine groups is 1. The van der Waals surface area contributed by atoms with Crippen molar-refractivity contribution in [3.8, 4) is 6.07 Å². The van der Waals surface area contributed by atoms with Gasteiger partial charge in [0.25, 0.3) is 0 Å². The van der Waals surface area contributed by atoms with Crippen LogP contribution < -0.4 is 5.73 Å². The normalized spacial score (nSPS) is 22.2. The summed E-state index contributed by atoms with van der Waals surface area (Å²) < 4.78 is 0. The van der Waals surface area contributed by atoms with Gasteiger partial charge in [-0.3, -0.25) is 0 Å². The second-order valence-electron chi connectivity index (χ2n) is 3.07. The van der Waals surface area contributed by atoms with Crippen molar-refractivity contribution in [2.24, 2.45) is 16.6 Å². The van der Waals surface area contributed by atoms with Crippen molar-refractivity contribution in [1.29, 1.82) is 5.26 Å². The Morgan fingerprint density at radius 3 is 2.92 bits per heavy atom. The third kappa shape index (κ3) is 1.97. The molecule has 1 atom stereocenters. The predicted octanol–water partition coefficient (Wildman–Crippen LogP) is 1.74. The monoisotopic (exact) mass is 175 g/mol.